The molecule has 0 radical (unpaired) electrons. The highest BCUT2D eigenvalue weighted by atomic mass is 16.5. The van der Waals surface area contributed by atoms with Crippen molar-refractivity contribution >= 4 is 0 Å². The maximum Gasteiger partial charge on any atom is 0.129 e. The third kappa shape index (κ3) is 4.75. The zero-order chi connectivity index (χ0) is 17.4. The summed E-state index contributed by atoms with van der Waals surface area (Å²) in [7, 11) is 3.43. The average molecular weight is 327 g/mol. The van der Waals surface area contributed by atoms with Crippen LogP contribution in [0.2, 0.25) is 0 Å². The molecule has 0 saturated heterocycles. The number of methoxy groups -OCH3 is 2. The molecule has 0 saturated carbocycles. The maximum absolute atomic E-state index is 5.67. The number of nitrogens with zero attached hydrogens (tertiary/aromatic N) is 1. The Balaban J connectivity index is 2.20. The van der Waals surface area contributed by atoms with Gasteiger partial charge < -0.3 is 9.47 Å². The molecule has 3 nitrogen and oxygen atoms in total. The standard InChI is InChI=1S/C21H29NO2/c1-5-6-14-22(15-18-10-8-7-9-11-18)16-19-12-13-20(23-3)17(2)21(19)24-4/h7-13H,5-6,14-16H2,1-4H3. The van der Waals surface area contributed by atoms with Gasteiger partial charge in [0, 0.05) is 24.2 Å². The van der Waals surface area contributed by atoms with Gasteiger partial charge in [-0.25, -0.2) is 0 Å². The van der Waals surface area contributed by atoms with Crippen molar-refractivity contribution in [2.45, 2.75) is 39.8 Å². The number of hydrogen-bond acceptors (Lipinski definition) is 3. The first-order valence-corrected chi connectivity index (χ1v) is 8.66. The van der Waals surface area contributed by atoms with Gasteiger partial charge in [0.05, 0.1) is 14.2 Å². The van der Waals surface area contributed by atoms with Crippen LogP contribution in [-0.2, 0) is 13.1 Å². The van der Waals surface area contributed by atoms with Crippen molar-refractivity contribution in [1.29, 1.82) is 0 Å². The fraction of sp³-hybridized carbons (Fsp3) is 0.429. The van der Waals surface area contributed by atoms with E-state index < -0.39 is 0 Å². The van der Waals surface area contributed by atoms with Crippen molar-refractivity contribution in [3.8, 4) is 11.5 Å². The lowest BCUT2D eigenvalue weighted by atomic mass is 10.1. The van der Waals surface area contributed by atoms with Crippen LogP contribution in [0.15, 0.2) is 42.5 Å². The fourth-order valence-corrected chi connectivity index (χ4v) is 3.04. The van der Waals surface area contributed by atoms with Crippen LogP contribution in [0.5, 0.6) is 11.5 Å². The highest BCUT2D eigenvalue weighted by Crippen LogP contribution is 2.32. The van der Waals surface area contributed by atoms with E-state index in [0.29, 0.717) is 0 Å². The van der Waals surface area contributed by atoms with Gasteiger partial charge in [-0.3, -0.25) is 4.90 Å². The molecule has 0 unspecified atom stereocenters. The van der Waals surface area contributed by atoms with Gasteiger partial charge in [0.2, 0.25) is 0 Å². The molecule has 0 aliphatic heterocycles. The molecular formula is C21H29NO2. The summed E-state index contributed by atoms with van der Waals surface area (Å²) in [4.78, 5) is 2.49. The second-order valence-corrected chi connectivity index (χ2v) is 6.14. The monoisotopic (exact) mass is 327 g/mol. The van der Waals surface area contributed by atoms with Gasteiger partial charge in [-0.1, -0.05) is 49.7 Å². The first-order chi connectivity index (χ1) is 11.7. The molecule has 0 aliphatic rings. The molecule has 24 heavy (non-hydrogen) atoms. The van der Waals surface area contributed by atoms with Crippen LogP contribution >= 0.6 is 0 Å². The van der Waals surface area contributed by atoms with Crippen molar-refractivity contribution in [1.82, 2.24) is 4.90 Å². The van der Waals surface area contributed by atoms with Crippen molar-refractivity contribution in [3.05, 3.63) is 59.2 Å². The predicted octanol–water partition coefficient (Wildman–Crippen LogP) is 4.81. The molecule has 2 rings (SSSR count). The molecule has 3 heteroatoms. The molecule has 0 aliphatic carbocycles. The molecule has 130 valence electrons. The van der Waals surface area contributed by atoms with E-state index in [1.807, 2.05) is 6.07 Å². The zero-order valence-corrected chi connectivity index (χ0v) is 15.3. The minimum atomic E-state index is 0.874. The topological polar surface area (TPSA) is 21.7 Å². The summed E-state index contributed by atoms with van der Waals surface area (Å²) in [5.74, 6) is 1.81. The van der Waals surface area contributed by atoms with E-state index in [1.165, 1.54) is 24.0 Å². The first kappa shape index (κ1) is 18.3. The molecule has 2 aromatic rings. The van der Waals surface area contributed by atoms with E-state index in [0.717, 1.165) is 36.7 Å². The van der Waals surface area contributed by atoms with Crippen molar-refractivity contribution < 1.29 is 9.47 Å². The molecule has 0 N–H and O–H groups in total. The summed E-state index contributed by atoms with van der Waals surface area (Å²) in [5, 5.41) is 0. The number of hydrogen-bond donors (Lipinski definition) is 0. The van der Waals surface area contributed by atoms with Crippen LogP contribution in [-0.4, -0.2) is 25.7 Å². The first-order valence-electron chi connectivity index (χ1n) is 8.66. The summed E-state index contributed by atoms with van der Waals surface area (Å²) >= 11 is 0. The number of unbranched alkanes of at least 4 members (excludes halogenated alkanes) is 1. The number of rotatable bonds is 9. The molecule has 0 atom stereocenters. The van der Waals surface area contributed by atoms with Crippen molar-refractivity contribution in [2.75, 3.05) is 20.8 Å². The molecule has 2 aromatic carbocycles. The molecule has 0 amide bonds. The van der Waals surface area contributed by atoms with Crippen LogP contribution in [0, 0.1) is 6.92 Å². The average Bonchev–Trinajstić information content (AvgIpc) is 2.61. The van der Waals surface area contributed by atoms with Gasteiger partial charge in [-0.15, -0.1) is 0 Å². The van der Waals surface area contributed by atoms with Crippen LogP contribution < -0.4 is 9.47 Å². The van der Waals surface area contributed by atoms with Gasteiger partial charge in [-0.2, -0.15) is 0 Å². The maximum atomic E-state index is 5.67. The van der Waals surface area contributed by atoms with E-state index in [9.17, 15) is 0 Å². The Hall–Kier alpha value is -2.00. The number of ether oxygens (including phenoxy) is 2. The van der Waals surface area contributed by atoms with E-state index in [-0.39, 0.29) is 0 Å². The van der Waals surface area contributed by atoms with Gasteiger partial charge in [0.1, 0.15) is 11.5 Å². The summed E-state index contributed by atoms with van der Waals surface area (Å²) in [6.07, 6.45) is 2.40. The molecule has 0 heterocycles. The van der Waals surface area contributed by atoms with Gasteiger partial charge in [0.25, 0.3) is 0 Å². The van der Waals surface area contributed by atoms with E-state index >= 15 is 0 Å². The van der Waals surface area contributed by atoms with Gasteiger partial charge in [-0.05, 0) is 31.5 Å². The molecular weight excluding hydrogens is 298 g/mol. The minimum absolute atomic E-state index is 0.874. The fourth-order valence-electron chi connectivity index (χ4n) is 3.04. The summed E-state index contributed by atoms with van der Waals surface area (Å²) in [5.41, 5.74) is 3.62. The van der Waals surface area contributed by atoms with Gasteiger partial charge >= 0.3 is 0 Å². The summed E-state index contributed by atoms with van der Waals surface area (Å²) < 4.78 is 11.1. The van der Waals surface area contributed by atoms with Gasteiger partial charge in [0.15, 0.2) is 0 Å². The molecule has 0 bridgehead atoms. The zero-order valence-electron chi connectivity index (χ0n) is 15.3. The van der Waals surface area contributed by atoms with Crippen LogP contribution in [0.25, 0.3) is 0 Å². The Morgan fingerprint density at radius 3 is 2.29 bits per heavy atom. The van der Waals surface area contributed by atoms with Crippen LogP contribution in [0.1, 0.15) is 36.5 Å². The smallest absolute Gasteiger partial charge is 0.129 e. The van der Waals surface area contributed by atoms with Crippen molar-refractivity contribution in [2.24, 2.45) is 0 Å². The third-order valence-electron chi connectivity index (χ3n) is 4.33. The SMILES string of the molecule is CCCCN(Cc1ccccc1)Cc1ccc(OC)c(C)c1OC. The van der Waals surface area contributed by atoms with Crippen LogP contribution in [0.4, 0.5) is 0 Å². The van der Waals surface area contributed by atoms with E-state index in [4.69, 9.17) is 9.47 Å². The second kappa shape index (κ2) is 9.33. The largest absolute Gasteiger partial charge is 0.496 e. The lowest BCUT2D eigenvalue weighted by molar-refractivity contribution is 0.248. The lowest BCUT2D eigenvalue weighted by Gasteiger charge is -2.24. The van der Waals surface area contributed by atoms with E-state index in [1.54, 1.807) is 14.2 Å². The predicted molar refractivity (Wildman–Crippen MR) is 99.7 cm³/mol. The third-order valence-corrected chi connectivity index (χ3v) is 4.33. The van der Waals surface area contributed by atoms with Crippen LogP contribution in [0.3, 0.4) is 0 Å². The Labute approximate surface area is 146 Å². The highest BCUT2D eigenvalue weighted by molar-refractivity contribution is 5.49. The summed E-state index contributed by atoms with van der Waals surface area (Å²) in [6.45, 7) is 7.20. The minimum Gasteiger partial charge on any atom is -0.496 e. The van der Waals surface area contributed by atoms with E-state index in [2.05, 4.69) is 55.1 Å². The molecule has 0 fully saturated rings. The highest BCUT2D eigenvalue weighted by Gasteiger charge is 2.14. The van der Waals surface area contributed by atoms with Crippen molar-refractivity contribution in [3.63, 3.8) is 0 Å². The second-order valence-electron chi connectivity index (χ2n) is 6.14. The Kier molecular flexibility index (Phi) is 7.13. The Morgan fingerprint density at radius 2 is 1.67 bits per heavy atom. The quantitative estimate of drug-likeness (QED) is 0.659. The molecule has 0 aromatic heterocycles. The molecule has 0 spiro atoms. The Bertz CT molecular complexity index is 625. The normalized spacial score (nSPS) is 10.9. The lowest BCUT2D eigenvalue weighted by Crippen LogP contribution is -2.24. The number of benzene rings is 2. The Morgan fingerprint density at radius 1 is 0.917 bits per heavy atom. The summed E-state index contributed by atoms with van der Waals surface area (Å²) in [6, 6.07) is 14.8.